The second-order valence-corrected chi connectivity index (χ2v) is 5.44. The third kappa shape index (κ3) is 3.60. The van der Waals surface area contributed by atoms with Gasteiger partial charge in [0.2, 0.25) is 0 Å². The van der Waals surface area contributed by atoms with Crippen molar-refractivity contribution in [2.45, 2.75) is 19.9 Å². The van der Waals surface area contributed by atoms with E-state index >= 15 is 0 Å². The number of carbonyl (C=O) groups is 1. The highest BCUT2D eigenvalue weighted by Crippen LogP contribution is 2.15. The molecule has 0 saturated carbocycles. The maximum absolute atomic E-state index is 12.2. The third-order valence-electron chi connectivity index (χ3n) is 3.70. The van der Waals surface area contributed by atoms with E-state index in [0.717, 1.165) is 23.2 Å². The van der Waals surface area contributed by atoms with Gasteiger partial charge in [0.1, 0.15) is 0 Å². The van der Waals surface area contributed by atoms with Crippen molar-refractivity contribution >= 4 is 22.6 Å². The monoisotopic (exact) mass is 322 g/mol. The minimum absolute atomic E-state index is 0.0555. The summed E-state index contributed by atoms with van der Waals surface area (Å²) in [5.41, 5.74) is 3.08. The maximum Gasteiger partial charge on any atom is 0.319 e. The van der Waals surface area contributed by atoms with Gasteiger partial charge in [0, 0.05) is 47.3 Å². The van der Waals surface area contributed by atoms with Crippen LogP contribution in [-0.4, -0.2) is 16.0 Å². The molecule has 122 valence electrons. The van der Waals surface area contributed by atoms with Gasteiger partial charge in [0.05, 0.1) is 0 Å². The van der Waals surface area contributed by atoms with E-state index in [-0.39, 0.29) is 11.5 Å². The molecule has 2 heterocycles. The molecule has 6 nitrogen and oxygen atoms in total. The summed E-state index contributed by atoms with van der Waals surface area (Å²) >= 11 is 0. The van der Waals surface area contributed by atoms with Gasteiger partial charge in [-0.15, -0.1) is 0 Å². The lowest BCUT2D eigenvalue weighted by Gasteiger charge is -2.09. The van der Waals surface area contributed by atoms with Crippen LogP contribution in [0.5, 0.6) is 0 Å². The Morgan fingerprint density at radius 3 is 2.88 bits per heavy atom. The average molecular weight is 322 g/mol. The van der Waals surface area contributed by atoms with Gasteiger partial charge in [-0.1, -0.05) is 13.0 Å². The van der Waals surface area contributed by atoms with Crippen molar-refractivity contribution in [2.75, 3.05) is 5.32 Å². The molecular formula is C18H18N4O2. The number of carbonyl (C=O) groups excluding carboxylic acids is 1. The topological polar surface area (TPSA) is 86.9 Å². The number of aryl methyl sites for hydroxylation is 1. The van der Waals surface area contributed by atoms with Crippen molar-refractivity contribution in [3.63, 3.8) is 0 Å². The predicted octanol–water partition coefficient (Wildman–Crippen LogP) is 2.81. The van der Waals surface area contributed by atoms with Crippen LogP contribution in [0.3, 0.4) is 0 Å². The first-order valence-electron chi connectivity index (χ1n) is 7.75. The normalized spacial score (nSPS) is 10.5. The van der Waals surface area contributed by atoms with Crippen molar-refractivity contribution in [2.24, 2.45) is 0 Å². The van der Waals surface area contributed by atoms with Gasteiger partial charge < -0.3 is 15.6 Å². The Labute approximate surface area is 138 Å². The van der Waals surface area contributed by atoms with Crippen LogP contribution in [0, 0.1) is 0 Å². The second-order valence-electron chi connectivity index (χ2n) is 5.44. The lowest BCUT2D eigenvalue weighted by molar-refractivity contribution is 0.251. The van der Waals surface area contributed by atoms with Crippen LogP contribution >= 0.6 is 0 Å². The molecule has 0 aliphatic carbocycles. The Balaban J connectivity index is 1.72. The van der Waals surface area contributed by atoms with Crippen molar-refractivity contribution < 1.29 is 4.79 Å². The quantitative estimate of drug-likeness (QED) is 0.690. The molecule has 3 rings (SSSR count). The molecule has 0 radical (unpaired) electrons. The predicted molar refractivity (Wildman–Crippen MR) is 94.0 cm³/mol. The van der Waals surface area contributed by atoms with Crippen molar-refractivity contribution in [3.05, 3.63) is 70.3 Å². The Hall–Kier alpha value is -3.15. The first kappa shape index (κ1) is 15.7. The zero-order valence-corrected chi connectivity index (χ0v) is 13.3. The highest BCUT2D eigenvalue weighted by Gasteiger charge is 2.06. The van der Waals surface area contributed by atoms with Crippen LogP contribution < -0.4 is 16.1 Å². The molecule has 0 bridgehead atoms. The number of pyridine rings is 2. The molecule has 0 saturated heterocycles. The summed E-state index contributed by atoms with van der Waals surface area (Å²) in [4.78, 5) is 31.3. The van der Waals surface area contributed by atoms with E-state index in [1.54, 1.807) is 36.7 Å². The first-order valence-corrected chi connectivity index (χ1v) is 7.75. The fourth-order valence-corrected chi connectivity index (χ4v) is 2.43. The summed E-state index contributed by atoms with van der Waals surface area (Å²) in [5.74, 6) is 0. The zero-order valence-electron chi connectivity index (χ0n) is 13.3. The molecule has 0 unspecified atom stereocenters. The van der Waals surface area contributed by atoms with Gasteiger partial charge in [-0.3, -0.25) is 9.78 Å². The highest BCUT2D eigenvalue weighted by molar-refractivity contribution is 5.92. The third-order valence-corrected chi connectivity index (χ3v) is 3.70. The van der Waals surface area contributed by atoms with Gasteiger partial charge in [-0.2, -0.15) is 0 Å². The number of hydrogen-bond acceptors (Lipinski definition) is 3. The van der Waals surface area contributed by atoms with Crippen LogP contribution in [-0.2, 0) is 13.0 Å². The minimum atomic E-state index is -0.334. The Bertz CT molecular complexity index is 919. The Kier molecular flexibility index (Phi) is 4.56. The molecule has 0 aliphatic heterocycles. The molecule has 0 aliphatic rings. The number of rotatable bonds is 4. The lowest BCUT2D eigenvalue weighted by Crippen LogP contribution is -2.28. The number of fused-ring (bicyclic) bond motifs is 1. The number of nitrogens with zero attached hydrogens (tertiary/aromatic N) is 1. The van der Waals surface area contributed by atoms with E-state index in [1.165, 1.54) is 0 Å². The molecule has 0 spiro atoms. The first-order chi connectivity index (χ1) is 11.7. The van der Waals surface area contributed by atoms with E-state index < -0.39 is 0 Å². The zero-order chi connectivity index (χ0) is 16.9. The highest BCUT2D eigenvalue weighted by atomic mass is 16.2. The van der Waals surface area contributed by atoms with Crippen LogP contribution in [0.1, 0.15) is 18.2 Å². The second kappa shape index (κ2) is 6.95. The van der Waals surface area contributed by atoms with Crippen LogP contribution in [0.25, 0.3) is 10.9 Å². The minimum Gasteiger partial charge on any atom is -0.358 e. The van der Waals surface area contributed by atoms with Crippen molar-refractivity contribution in [3.8, 4) is 0 Å². The van der Waals surface area contributed by atoms with E-state index in [4.69, 9.17) is 0 Å². The molecule has 2 amide bonds. The number of benzene rings is 1. The number of aromatic nitrogens is 2. The van der Waals surface area contributed by atoms with Gasteiger partial charge in [0.15, 0.2) is 5.43 Å². The lowest BCUT2D eigenvalue weighted by atomic mass is 10.1. The van der Waals surface area contributed by atoms with E-state index in [1.807, 2.05) is 19.1 Å². The van der Waals surface area contributed by atoms with Gasteiger partial charge >= 0.3 is 6.03 Å². The fraction of sp³-hybridized carbons (Fsp3) is 0.167. The van der Waals surface area contributed by atoms with Crippen molar-refractivity contribution in [1.29, 1.82) is 0 Å². The summed E-state index contributed by atoms with van der Waals surface area (Å²) in [6, 6.07) is 10.2. The Morgan fingerprint density at radius 2 is 2.12 bits per heavy atom. The molecule has 2 aromatic heterocycles. The molecule has 3 N–H and O–H groups in total. The molecule has 0 atom stereocenters. The van der Waals surface area contributed by atoms with Crippen LogP contribution in [0.4, 0.5) is 10.5 Å². The molecule has 3 aromatic rings. The maximum atomic E-state index is 12.2. The SMILES string of the molecule is CCc1cc(=O)c2cc(NC(=O)NCc3cccnc3)ccc2[nH]1. The van der Waals surface area contributed by atoms with Gasteiger partial charge in [-0.25, -0.2) is 4.79 Å². The number of amides is 2. The van der Waals surface area contributed by atoms with Gasteiger partial charge in [-0.05, 0) is 36.2 Å². The Morgan fingerprint density at radius 1 is 1.25 bits per heavy atom. The largest absolute Gasteiger partial charge is 0.358 e. The number of H-pyrrole nitrogens is 1. The van der Waals surface area contributed by atoms with E-state index in [9.17, 15) is 9.59 Å². The summed E-state index contributed by atoms with van der Waals surface area (Å²) in [6.45, 7) is 2.37. The standard InChI is InChI=1S/C18H18N4O2/c1-2-13-9-17(23)15-8-14(5-6-16(15)21-13)22-18(24)20-11-12-4-3-7-19-10-12/h3-10H,2,11H2,1H3,(H,21,23)(H2,20,22,24). The summed E-state index contributed by atoms with van der Waals surface area (Å²) in [5, 5.41) is 6.04. The summed E-state index contributed by atoms with van der Waals surface area (Å²) in [6.07, 6.45) is 4.14. The number of hydrogen-bond donors (Lipinski definition) is 3. The number of anilines is 1. The van der Waals surface area contributed by atoms with Crippen LogP contribution in [0.2, 0.25) is 0 Å². The number of aromatic amines is 1. The summed E-state index contributed by atoms with van der Waals surface area (Å²) in [7, 11) is 0. The van der Waals surface area contributed by atoms with E-state index in [0.29, 0.717) is 17.6 Å². The molecular weight excluding hydrogens is 304 g/mol. The fourth-order valence-electron chi connectivity index (χ4n) is 2.43. The molecule has 6 heteroatoms. The molecule has 1 aromatic carbocycles. The number of nitrogens with one attached hydrogen (secondary N) is 3. The van der Waals surface area contributed by atoms with Crippen molar-refractivity contribution in [1.82, 2.24) is 15.3 Å². The summed E-state index contributed by atoms with van der Waals surface area (Å²) < 4.78 is 0. The van der Waals surface area contributed by atoms with E-state index in [2.05, 4.69) is 20.6 Å². The average Bonchev–Trinajstić information content (AvgIpc) is 2.61. The van der Waals surface area contributed by atoms with Crippen LogP contribution in [0.15, 0.2) is 53.6 Å². The van der Waals surface area contributed by atoms with Gasteiger partial charge in [0.25, 0.3) is 0 Å². The number of urea groups is 1. The molecule has 0 fully saturated rings. The molecule has 24 heavy (non-hydrogen) atoms. The smallest absolute Gasteiger partial charge is 0.319 e.